The highest BCUT2D eigenvalue weighted by atomic mass is 32.1. The Morgan fingerprint density at radius 2 is 1.75 bits per heavy atom. The summed E-state index contributed by atoms with van der Waals surface area (Å²) in [4.78, 5) is 87.8. The van der Waals surface area contributed by atoms with Crippen LogP contribution >= 0.6 is 11.3 Å². The molecule has 3 amide bonds. The van der Waals surface area contributed by atoms with Crippen molar-refractivity contribution in [1.82, 2.24) is 25.4 Å². The number of likely N-dealkylation sites (N-methyl/N-ethyl adjacent to an activating group) is 1. The number of nitrogens with one attached hydrogen (secondary N) is 2. The number of nitrogens with zero attached hydrogens (tertiary/aromatic N) is 3. The van der Waals surface area contributed by atoms with Gasteiger partial charge in [0.1, 0.15) is 28.0 Å². The standard InChI is InChI=1S/C43H63N5O10S/c1-9-12-36(51)57-24-48(40(53)37(26(5)10-2)46-42(56)43-22-30(43)13-11-18-47(43)8)34(25(3)4)21-35(58-28(7)49)39-45-33(23-59-39)38(52)44-31(19-27(6)41(54)55)20-29-14-16-32(50)17-15-29/h14-17,23,25-27,30-31,34-35,37,50H,9-13,18-22,24H2,1-8H3,(H,44,52)(H,46,56)(H,54,55)/t26?,27-,30?,31+,34+,35+,37-,43?/m0/s1. The number of esters is 2. The third kappa shape index (κ3) is 12.2. The highest BCUT2D eigenvalue weighted by molar-refractivity contribution is 7.09. The number of rotatable bonds is 22. The van der Waals surface area contributed by atoms with Crippen LogP contribution in [0.25, 0.3) is 0 Å². The number of aromatic hydroxyl groups is 1. The van der Waals surface area contributed by atoms with Crippen LogP contribution in [-0.4, -0.2) is 105 Å². The van der Waals surface area contributed by atoms with Crippen LogP contribution in [0.5, 0.6) is 5.75 Å². The maximum absolute atomic E-state index is 14.9. The molecule has 3 unspecified atom stereocenters. The van der Waals surface area contributed by atoms with Gasteiger partial charge in [-0.05, 0) is 87.6 Å². The van der Waals surface area contributed by atoms with Crippen molar-refractivity contribution in [2.75, 3.05) is 20.3 Å². The van der Waals surface area contributed by atoms with E-state index in [1.807, 2.05) is 41.7 Å². The zero-order valence-electron chi connectivity index (χ0n) is 35.7. The molecule has 1 saturated carbocycles. The molecule has 4 N–H and O–H groups in total. The lowest BCUT2D eigenvalue weighted by atomic mass is 9.92. The molecule has 2 aromatic rings. The highest BCUT2D eigenvalue weighted by Crippen LogP contribution is 2.53. The molecule has 2 aliphatic rings. The maximum Gasteiger partial charge on any atom is 0.307 e. The number of hydrogen-bond acceptors (Lipinski definition) is 12. The lowest BCUT2D eigenvalue weighted by molar-refractivity contribution is -0.160. The number of ether oxygens (including phenoxy) is 2. The number of carboxylic acid groups (broad SMARTS) is 1. The van der Waals surface area contributed by atoms with Gasteiger partial charge in [-0.25, -0.2) is 4.98 Å². The van der Waals surface area contributed by atoms with Gasteiger partial charge in [-0.3, -0.25) is 33.7 Å². The molecule has 1 aromatic heterocycles. The number of fused-ring (bicyclic) bond motifs is 1. The van der Waals surface area contributed by atoms with E-state index in [-0.39, 0.29) is 61.1 Å². The number of carbonyl (C=O) groups is 6. The molecule has 16 heteroatoms. The molecule has 0 radical (unpaired) electrons. The van der Waals surface area contributed by atoms with Crippen molar-refractivity contribution in [3.63, 3.8) is 0 Å². The van der Waals surface area contributed by atoms with Crippen LogP contribution in [0.2, 0.25) is 0 Å². The Kier molecular flexibility index (Phi) is 16.8. The van der Waals surface area contributed by atoms with E-state index in [1.54, 1.807) is 19.1 Å². The van der Waals surface area contributed by atoms with Crippen LogP contribution in [0.3, 0.4) is 0 Å². The Balaban J connectivity index is 1.62. The van der Waals surface area contributed by atoms with Crippen LogP contribution in [-0.2, 0) is 39.9 Å². The number of aromatic nitrogens is 1. The first-order chi connectivity index (χ1) is 27.9. The number of amides is 3. The molecule has 1 saturated heterocycles. The largest absolute Gasteiger partial charge is 0.508 e. The number of carbonyl (C=O) groups excluding carboxylic acids is 5. The van der Waals surface area contributed by atoms with E-state index in [0.29, 0.717) is 24.3 Å². The van der Waals surface area contributed by atoms with Crippen LogP contribution in [0.15, 0.2) is 29.6 Å². The summed E-state index contributed by atoms with van der Waals surface area (Å²) in [6.45, 7) is 12.7. The summed E-state index contributed by atoms with van der Waals surface area (Å²) in [5.41, 5.74) is 0.176. The van der Waals surface area contributed by atoms with Crippen LogP contribution < -0.4 is 10.6 Å². The third-order valence-corrected chi connectivity index (χ3v) is 12.8. The lowest BCUT2D eigenvalue weighted by Crippen LogP contribution is -2.60. The second kappa shape index (κ2) is 21.1. The van der Waals surface area contributed by atoms with Crippen LogP contribution in [0.4, 0.5) is 0 Å². The average Bonchev–Trinajstić information content (AvgIpc) is 3.75. The Bertz CT molecular complexity index is 1790. The highest BCUT2D eigenvalue weighted by Gasteiger charge is 2.64. The first-order valence-corrected chi connectivity index (χ1v) is 21.7. The second-order valence-electron chi connectivity index (χ2n) is 16.7. The smallest absolute Gasteiger partial charge is 0.307 e. The first-order valence-electron chi connectivity index (χ1n) is 20.8. The van der Waals surface area contributed by atoms with Crippen molar-refractivity contribution in [3.05, 3.63) is 45.9 Å². The summed E-state index contributed by atoms with van der Waals surface area (Å²) in [6.07, 6.45) is 3.46. The van der Waals surface area contributed by atoms with Crippen molar-refractivity contribution in [1.29, 1.82) is 0 Å². The van der Waals surface area contributed by atoms with Crippen molar-refractivity contribution < 1.29 is 48.5 Å². The zero-order valence-corrected chi connectivity index (χ0v) is 36.5. The lowest BCUT2D eigenvalue weighted by Gasteiger charge is -2.39. The summed E-state index contributed by atoms with van der Waals surface area (Å²) in [7, 11) is 1.95. The molecule has 326 valence electrons. The van der Waals surface area contributed by atoms with E-state index < -0.39 is 65.4 Å². The van der Waals surface area contributed by atoms with E-state index in [2.05, 4.69) is 20.5 Å². The number of phenolic OH excluding ortho intramolecular Hbond substituents is 1. The third-order valence-electron chi connectivity index (χ3n) is 11.8. The van der Waals surface area contributed by atoms with Crippen molar-refractivity contribution >= 4 is 47.0 Å². The van der Waals surface area contributed by atoms with E-state index in [1.165, 1.54) is 29.3 Å². The van der Waals surface area contributed by atoms with Gasteiger partial charge < -0.3 is 35.2 Å². The van der Waals surface area contributed by atoms with Crippen molar-refractivity contribution in [2.24, 2.45) is 23.7 Å². The maximum atomic E-state index is 14.9. The van der Waals surface area contributed by atoms with E-state index in [0.717, 1.165) is 42.7 Å². The molecule has 4 rings (SSSR count). The number of likely N-dealkylation sites (tertiary alicyclic amines) is 1. The molecule has 15 nitrogen and oxygen atoms in total. The Hall–Kier alpha value is -4.57. The molecule has 59 heavy (non-hydrogen) atoms. The van der Waals surface area contributed by atoms with E-state index in [9.17, 15) is 39.0 Å². The Morgan fingerprint density at radius 3 is 2.34 bits per heavy atom. The molecule has 1 aromatic carbocycles. The number of phenols is 1. The van der Waals surface area contributed by atoms with E-state index >= 15 is 0 Å². The molecular formula is C43H63N5O10S. The molecule has 2 fully saturated rings. The number of carboxylic acids is 1. The minimum atomic E-state index is -1.01. The SMILES string of the molecule is CCCC(=O)OCN(C(=O)[C@@H](NC(=O)C12CC1CCCN2C)C(C)CC)[C@H](C[C@@H](OC(C)=O)c1nc(C(=O)N[C@@H](Cc2ccc(O)cc2)C[C@H](C)C(=O)O)cs1)C(C)C. The summed E-state index contributed by atoms with van der Waals surface area (Å²) < 4.78 is 11.5. The fraction of sp³-hybridized carbons (Fsp3) is 0.651. The predicted molar refractivity (Wildman–Crippen MR) is 221 cm³/mol. The summed E-state index contributed by atoms with van der Waals surface area (Å²) in [5.74, 6) is -4.22. The number of hydrogen-bond donors (Lipinski definition) is 4. The second-order valence-corrected chi connectivity index (χ2v) is 17.6. The molecule has 1 aliphatic heterocycles. The monoisotopic (exact) mass is 841 g/mol. The summed E-state index contributed by atoms with van der Waals surface area (Å²) in [6, 6.07) is 4.24. The van der Waals surface area contributed by atoms with Gasteiger partial charge in [-0.1, -0.05) is 60.1 Å². The van der Waals surface area contributed by atoms with Gasteiger partial charge in [-0.2, -0.15) is 0 Å². The number of benzene rings is 1. The zero-order chi connectivity index (χ0) is 43.6. The minimum Gasteiger partial charge on any atom is -0.508 e. The predicted octanol–water partition coefficient (Wildman–Crippen LogP) is 5.46. The van der Waals surface area contributed by atoms with Gasteiger partial charge in [0.25, 0.3) is 5.91 Å². The van der Waals surface area contributed by atoms with Gasteiger partial charge in [0.15, 0.2) is 12.8 Å². The minimum absolute atomic E-state index is 0.0355. The van der Waals surface area contributed by atoms with Crippen molar-refractivity contribution in [2.45, 2.75) is 136 Å². The molecule has 2 heterocycles. The molecular weight excluding hydrogens is 779 g/mol. The van der Waals surface area contributed by atoms with Gasteiger partial charge in [-0.15, -0.1) is 11.3 Å². The molecule has 0 spiro atoms. The first kappa shape index (κ1) is 47.1. The average molecular weight is 842 g/mol. The van der Waals surface area contributed by atoms with Gasteiger partial charge in [0.05, 0.1) is 5.92 Å². The number of aliphatic carboxylic acids is 1. The van der Waals surface area contributed by atoms with E-state index in [4.69, 9.17) is 9.47 Å². The number of piperidine rings is 1. The van der Waals surface area contributed by atoms with Crippen LogP contribution in [0, 0.1) is 23.7 Å². The van der Waals surface area contributed by atoms with Gasteiger partial charge in [0.2, 0.25) is 11.8 Å². The van der Waals surface area contributed by atoms with Gasteiger partial charge >= 0.3 is 17.9 Å². The van der Waals surface area contributed by atoms with Gasteiger partial charge in [0, 0.05) is 37.2 Å². The topological polar surface area (TPSA) is 205 Å². The quantitative estimate of drug-likeness (QED) is 0.0862. The van der Waals surface area contributed by atoms with Crippen molar-refractivity contribution in [3.8, 4) is 5.75 Å². The molecule has 1 aliphatic carbocycles. The fourth-order valence-electron chi connectivity index (χ4n) is 8.03. The number of thiazole rings is 1. The Labute approximate surface area is 351 Å². The summed E-state index contributed by atoms with van der Waals surface area (Å²) >= 11 is 1.10. The molecule has 0 bridgehead atoms. The van der Waals surface area contributed by atoms with Crippen LogP contribution in [0.1, 0.15) is 127 Å². The normalized spacial score (nSPS) is 20.5. The molecule has 8 atom stereocenters. The Morgan fingerprint density at radius 1 is 1.05 bits per heavy atom. The summed E-state index contributed by atoms with van der Waals surface area (Å²) in [5, 5.41) is 27.2. The fourth-order valence-corrected chi connectivity index (χ4v) is 8.87.